The number of phosphoric ester groups is 4. The van der Waals surface area contributed by atoms with Crippen LogP contribution in [0.25, 0.3) is 55.7 Å². The highest BCUT2D eigenvalue weighted by molar-refractivity contribution is 7.48. The topological polar surface area (TPSA) is 563 Å². The van der Waals surface area contributed by atoms with Gasteiger partial charge in [0, 0.05) is 55.8 Å². The molecule has 15 atom stereocenters. The van der Waals surface area contributed by atoms with Crippen LogP contribution in [-0.4, -0.2) is 182 Å². The number of nitrogens with one attached hydrogen (secondary N) is 2. The Hall–Kier alpha value is -7.86. The number of phosphoric acid groups is 4. The fourth-order valence-corrected chi connectivity index (χ4v) is 15.2. The third-order valence-corrected chi connectivity index (χ3v) is 19.9. The second-order valence-electron chi connectivity index (χ2n) is 22.8. The minimum atomic E-state index is -5.52. The van der Waals surface area contributed by atoms with E-state index in [-0.39, 0.29) is 74.9 Å². The minimum Gasteiger partial charge on any atom is -0.508 e. The van der Waals surface area contributed by atoms with Crippen molar-refractivity contribution in [3.05, 3.63) is 121 Å². The van der Waals surface area contributed by atoms with Crippen LogP contribution >= 0.6 is 31.3 Å². The van der Waals surface area contributed by atoms with E-state index in [0.717, 1.165) is 15.5 Å². The first-order valence-electron chi connectivity index (χ1n) is 29.1. The van der Waals surface area contributed by atoms with Crippen molar-refractivity contribution in [3.8, 4) is 11.5 Å². The average Bonchev–Trinajstić information content (AvgIpc) is 1.62. The van der Waals surface area contributed by atoms with Gasteiger partial charge < -0.3 is 64.5 Å². The number of nitrogens with two attached hydrogens (primary N) is 1. The Labute approximate surface area is 537 Å². The Morgan fingerprint density at radius 1 is 0.567 bits per heavy atom. The summed E-state index contributed by atoms with van der Waals surface area (Å²) >= 11 is 0. The number of aryl methyl sites for hydroxylation is 1. The van der Waals surface area contributed by atoms with Gasteiger partial charge in [0.1, 0.15) is 91.1 Å². The number of aromatic nitrogens is 14. The fraction of sp³-hybridized carbons (Fsp3) is 0.412. The summed E-state index contributed by atoms with van der Waals surface area (Å²) in [4.78, 5) is 136. The van der Waals surface area contributed by atoms with Crippen LogP contribution in [0.15, 0.2) is 93.0 Å². The maximum absolute atomic E-state index is 14.3. The molecule has 46 heteroatoms. The highest BCUT2D eigenvalue weighted by Crippen LogP contribution is 2.54. The number of phenolic OH excluding ortho intramolecular Hbond substituents is 2. The Kier molecular flexibility index (Phi) is 17.2. The standard InChI is InChI=1S/C51H55N15O27P4/c1-22-14-62(50(72)60-47(22)70)38-10-29(69)33(87-38)15-84-95(77,78)91-30-11-39(61-7-6-37-56-26-9-24(68)3-5-28(26)66(37)51(61)73)88-35(30)17-85-97(81,82)93-32-13-41(65-20-54-43-46(65)58-49(52)59-48(43)71)90-36(32)18-86-96(79,80)92-31-12-40(89-34(31)16-83-94(74,75)76)64-19-53-42-44(64)55-21-63-27-4-2-23(67)8-25(27)57-45(42)63/h2-9,14,19-21,29-36,38-41,67-69H,10-13,15-18H2,1H3,(H,77,78)(H,79,80)(H,81,82)(H,60,70,72)(H2,74,75,76)(H3,52,58,59,71)/t29-,30-,31-,32-,33?,34?,35?,36?,38?,39?,40?,41?/m1/s1. The first-order chi connectivity index (χ1) is 46.0. The van der Waals surface area contributed by atoms with Crippen molar-refractivity contribution in [2.75, 3.05) is 32.2 Å². The molecule has 0 amide bonds. The number of aromatic amines is 2. The molecule has 4 aliphatic rings. The molecule has 12 N–H and O–H groups in total. The molecule has 4 saturated heterocycles. The molecule has 0 bridgehead atoms. The van der Waals surface area contributed by atoms with Gasteiger partial charge in [-0.15, -0.1) is 0 Å². The van der Waals surface area contributed by atoms with Crippen molar-refractivity contribution in [1.29, 1.82) is 0 Å². The monoisotopic (exact) mass is 1430 g/mol. The molecule has 4 aliphatic heterocycles. The predicted octanol–water partition coefficient (Wildman–Crippen LogP) is 1.01. The van der Waals surface area contributed by atoms with E-state index in [2.05, 4.69) is 39.9 Å². The van der Waals surface area contributed by atoms with Crippen molar-refractivity contribution in [1.82, 2.24) is 66.9 Å². The number of aliphatic hydroxyl groups excluding tert-OH is 1. The number of ether oxygens (including phenoxy) is 4. The second kappa shape index (κ2) is 25.1. The quantitative estimate of drug-likeness (QED) is 0.0422. The van der Waals surface area contributed by atoms with Gasteiger partial charge in [-0.1, -0.05) is 0 Å². The number of aliphatic hydroxyl groups is 1. The summed E-state index contributed by atoms with van der Waals surface area (Å²) in [5, 5.41) is 31.1. The number of benzene rings is 2. The predicted molar refractivity (Wildman–Crippen MR) is 323 cm³/mol. The van der Waals surface area contributed by atoms with Crippen LogP contribution in [0.1, 0.15) is 56.2 Å². The molecule has 42 nitrogen and oxygen atoms in total. The number of rotatable bonds is 22. The fourth-order valence-electron chi connectivity index (χ4n) is 11.9. The van der Waals surface area contributed by atoms with Gasteiger partial charge in [-0.05, 0) is 37.3 Å². The lowest BCUT2D eigenvalue weighted by Gasteiger charge is -2.25. The number of phenols is 2. The minimum absolute atomic E-state index is 0.0418. The zero-order valence-corrected chi connectivity index (χ0v) is 53.2. The van der Waals surface area contributed by atoms with Gasteiger partial charge in [0.05, 0.1) is 67.3 Å². The molecule has 10 aromatic rings. The van der Waals surface area contributed by atoms with Crippen LogP contribution in [0.3, 0.4) is 0 Å². The summed E-state index contributed by atoms with van der Waals surface area (Å²) in [6.07, 6.45) is -12.7. The smallest absolute Gasteiger partial charge is 0.472 e. The van der Waals surface area contributed by atoms with Crippen LogP contribution in [0.2, 0.25) is 0 Å². The number of nitrogen functional groups attached to an aromatic ring is 1. The van der Waals surface area contributed by atoms with E-state index in [4.69, 9.17) is 56.3 Å². The van der Waals surface area contributed by atoms with Crippen molar-refractivity contribution in [2.24, 2.45) is 0 Å². The molecule has 516 valence electrons. The van der Waals surface area contributed by atoms with Crippen molar-refractivity contribution < 1.29 is 109 Å². The molecule has 97 heavy (non-hydrogen) atoms. The number of anilines is 1. The maximum Gasteiger partial charge on any atom is 0.472 e. The summed E-state index contributed by atoms with van der Waals surface area (Å²) in [5.74, 6) is -0.530. The van der Waals surface area contributed by atoms with Gasteiger partial charge in [-0.3, -0.25) is 73.9 Å². The van der Waals surface area contributed by atoms with Gasteiger partial charge in [0.25, 0.3) is 11.1 Å². The maximum atomic E-state index is 14.3. The molecule has 4 fully saturated rings. The van der Waals surface area contributed by atoms with Crippen molar-refractivity contribution in [2.45, 2.75) is 106 Å². The van der Waals surface area contributed by atoms with Crippen LogP contribution in [0, 0.1) is 6.92 Å². The van der Waals surface area contributed by atoms with E-state index in [0.29, 0.717) is 16.7 Å². The van der Waals surface area contributed by atoms with E-state index in [1.807, 2.05) is 0 Å². The van der Waals surface area contributed by atoms with Gasteiger partial charge in [0.15, 0.2) is 28.0 Å². The van der Waals surface area contributed by atoms with Gasteiger partial charge >= 0.3 is 42.7 Å². The summed E-state index contributed by atoms with van der Waals surface area (Å²) in [7, 11) is -21.5. The number of hydrogen-bond acceptors (Lipinski definition) is 29. The van der Waals surface area contributed by atoms with E-state index >= 15 is 0 Å². The normalized spacial score (nSPS) is 26.7. The molecular weight excluding hydrogens is 1380 g/mol. The number of aromatic hydroxyl groups is 2. The largest absolute Gasteiger partial charge is 0.508 e. The first-order valence-corrected chi connectivity index (χ1v) is 35.1. The molecular formula is C51H55N15O27P4. The Morgan fingerprint density at radius 2 is 1.08 bits per heavy atom. The van der Waals surface area contributed by atoms with Gasteiger partial charge in [-0.2, -0.15) is 4.98 Å². The van der Waals surface area contributed by atoms with E-state index in [1.54, 1.807) is 10.5 Å². The lowest BCUT2D eigenvalue weighted by molar-refractivity contribution is -0.0630. The molecule has 12 heterocycles. The molecule has 11 unspecified atom stereocenters. The SMILES string of the molecule is Cc1cn(C2C[C@@H](O)C(COP(=O)(O)O[C@@H]3CC(n4ccc5nc6cc(O)ccc6n5c4=O)OC3COP(=O)(O)O[C@@H]3CC(n4cnc5c(=O)[nH]c(N)nc54)OC3COP(=O)(O)O[C@@H]3CC(n4cnc5c4ncn4c6ccc(O)cc6nc54)OC3COP(=O)(O)O)O2)c(=O)[nH]c1=O. The Morgan fingerprint density at radius 3 is 1.68 bits per heavy atom. The lowest BCUT2D eigenvalue weighted by Crippen LogP contribution is -2.33. The molecule has 0 radical (unpaired) electrons. The van der Waals surface area contributed by atoms with Crippen LogP contribution in [0.5, 0.6) is 11.5 Å². The van der Waals surface area contributed by atoms with Crippen molar-refractivity contribution >= 4 is 92.9 Å². The second-order valence-corrected chi connectivity index (χ2v) is 28.3. The summed E-state index contributed by atoms with van der Waals surface area (Å²) in [6.45, 7) is -2.34. The third-order valence-electron chi connectivity index (χ3n) is 16.4. The number of nitrogens with zero attached hydrogens (tertiary/aromatic N) is 12. The average molecular weight is 1430 g/mol. The summed E-state index contributed by atoms with van der Waals surface area (Å²) < 4.78 is 124. The molecule has 2 aromatic carbocycles. The van der Waals surface area contributed by atoms with Gasteiger partial charge in [-0.25, -0.2) is 57.2 Å². The number of hydrogen-bond donors (Lipinski definition) is 11. The van der Waals surface area contributed by atoms with Gasteiger partial charge in [0.2, 0.25) is 5.95 Å². The van der Waals surface area contributed by atoms with Crippen LogP contribution < -0.4 is 28.2 Å². The summed E-state index contributed by atoms with van der Waals surface area (Å²) in [5.41, 5.74) is 5.00. The number of fused-ring (bicyclic) bond motifs is 9. The lowest BCUT2D eigenvalue weighted by atomic mass is 10.2. The molecule has 0 aliphatic carbocycles. The summed E-state index contributed by atoms with van der Waals surface area (Å²) in [6, 6.07) is 10.0. The molecule has 8 aromatic heterocycles. The first kappa shape index (κ1) is 66.4. The zero-order valence-electron chi connectivity index (χ0n) is 49.6. The van der Waals surface area contributed by atoms with E-state index < -0.39 is 167 Å². The Bertz CT molecular complexity index is 5220. The molecule has 0 spiro atoms. The van der Waals surface area contributed by atoms with E-state index in [9.17, 15) is 77.2 Å². The zero-order chi connectivity index (χ0) is 68.4. The molecule has 14 rings (SSSR count). The number of imidazole rings is 4. The van der Waals surface area contributed by atoms with Crippen LogP contribution in [0.4, 0.5) is 5.95 Å². The number of H-pyrrole nitrogens is 2. The Balaban J connectivity index is 0.699. The highest BCUT2D eigenvalue weighted by Gasteiger charge is 2.49. The van der Waals surface area contributed by atoms with Crippen molar-refractivity contribution in [3.63, 3.8) is 0 Å². The third kappa shape index (κ3) is 13.4. The van der Waals surface area contributed by atoms with Crippen LogP contribution in [-0.2, 0) is 68.9 Å². The highest BCUT2D eigenvalue weighted by atomic mass is 31.2. The van der Waals surface area contributed by atoms with E-state index in [1.165, 1.54) is 81.9 Å². The molecule has 0 saturated carbocycles.